The molecule has 0 aliphatic carbocycles. The molecule has 2 aliphatic heterocycles. The minimum atomic E-state index is -4.86. The summed E-state index contributed by atoms with van der Waals surface area (Å²) in [5.41, 5.74) is -2.73. The van der Waals surface area contributed by atoms with E-state index in [2.05, 4.69) is 24.7 Å². The maximum absolute atomic E-state index is 14.0. The van der Waals surface area contributed by atoms with Crippen LogP contribution in [0.15, 0.2) is 11.0 Å². The zero-order chi connectivity index (χ0) is 24.4. The van der Waals surface area contributed by atoms with E-state index in [4.69, 9.17) is 14.6 Å². The third-order valence-corrected chi connectivity index (χ3v) is 7.80. The molecule has 8 nitrogen and oxygen atoms in total. The van der Waals surface area contributed by atoms with Crippen LogP contribution in [0, 0.1) is 0 Å². The normalized spacial score (nSPS) is 23.9. The minimum absolute atomic E-state index is 0.133. The number of hydrogen-bond donors (Lipinski definition) is 1. The van der Waals surface area contributed by atoms with Gasteiger partial charge in [-0.1, -0.05) is 19.6 Å². The van der Waals surface area contributed by atoms with Crippen molar-refractivity contribution in [3.63, 3.8) is 0 Å². The lowest BCUT2D eigenvalue weighted by Crippen LogP contribution is -2.42. The van der Waals surface area contributed by atoms with Crippen LogP contribution in [0.25, 0.3) is 0 Å². The van der Waals surface area contributed by atoms with Crippen molar-refractivity contribution in [1.29, 1.82) is 0 Å². The van der Waals surface area contributed by atoms with E-state index in [1.165, 1.54) is 0 Å². The number of rotatable bonds is 9. The molecular formula is C21H32F3N3O5Si. The third-order valence-electron chi connectivity index (χ3n) is 6.10. The molecule has 2 unspecified atom stereocenters. The van der Waals surface area contributed by atoms with Crippen LogP contribution in [0.3, 0.4) is 0 Å². The molecule has 12 heteroatoms. The molecule has 0 bridgehead atoms. The molecule has 1 N–H and O–H groups in total. The Bertz CT molecular complexity index is 903. The second-order valence-electron chi connectivity index (χ2n) is 9.93. The first-order chi connectivity index (χ1) is 15.4. The summed E-state index contributed by atoms with van der Waals surface area (Å²) in [6.45, 7) is 6.83. The Kier molecular flexibility index (Phi) is 7.90. The van der Waals surface area contributed by atoms with Crippen LogP contribution in [0.1, 0.15) is 37.7 Å². The number of carbonyl (C=O) groups is 1. The van der Waals surface area contributed by atoms with Gasteiger partial charge >= 0.3 is 12.1 Å². The second-order valence-corrected chi connectivity index (χ2v) is 15.6. The van der Waals surface area contributed by atoms with E-state index in [-0.39, 0.29) is 31.0 Å². The van der Waals surface area contributed by atoms with Crippen LogP contribution in [-0.4, -0.2) is 60.3 Å². The zero-order valence-corrected chi connectivity index (χ0v) is 20.2. The highest BCUT2D eigenvalue weighted by atomic mass is 28.3. The second kappa shape index (κ2) is 10.1. The molecule has 0 spiro atoms. The lowest BCUT2D eigenvalue weighted by molar-refractivity contribution is -0.140. The van der Waals surface area contributed by atoms with Crippen molar-refractivity contribution >= 4 is 19.7 Å². The van der Waals surface area contributed by atoms with Gasteiger partial charge in [-0.15, -0.1) is 0 Å². The van der Waals surface area contributed by atoms with Gasteiger partial charge in [0.15, 0.2) is 0 Å². The molecular weight excluding hydrogens is 459 g/mol. The Balaban J connectivity index is 1.81. The van der Waals surface area contributed by atoms with E-state index >= 15 is 0 Å². The Morgan fingerprint density at radius 1 is 1.30 bits per heavy atom. The molecule has 186 valence electrons. The van der Waals surface area contributed by atoms with Gasteiger partial charge in [0, 0.05) is 21.2 Å². The van der Waals surface area contributed by atoms with Gasteiger partial charge in [0.05, 0.1) is 36.6 Å². The van der Waals surface area contributed by atoms with Crippen LogP contribution in [0.5, 0.6) is 0 Å². The summed E-state index contributed by atoms with van der Waals surface area (Å²) in [4.78, 5) is 25.3. The van der Waals surface area contributed by atoms with Crippen LogP contribution in [-0.2, 0) is 27.2 Å². The Morgan fingerprint density at radius 2 is 2.03 bits per heavy atom. The number of aromatic nitrogens is 2. The first-order valence-corrected chi connectivity index (χ1v) is 15.0. The fourth-order valence-corrected chi connectivity index (χ4v) is 5.18. The molecule has 0 saturated carbocycles. The number of carboxylic acid groups (broad SMARTS) is 1. The van der Waals surface area contributed by atoms with Crippen LogP contribution in [0.4, 0.5) is 18.9 Å². The maximum Gasteiger partial charge on any atom is 0.423 e. The maximum atomic E-state index is 14.0. The molecule has 2 fully saturated rings. The summed E-state index contributed by atoms with van der Waals surface area (Å²) < 4.78 is 54.0. The predicted octanol–water partition coefficient (Wildman–Crippen LogP) is 3.57. The largest absolute Gasteiger partial charge is 0.481 e. The first-order valence-electron chi connectivity index (χ1n) is 11.3. The average molecular weight is 492 g/mol. The monoisotopic (exact) mass is 491 g/mol. The molecule has 2 saturated heterocycles. The summed E-state index contributed by atoms with van der Waals surface area (Å²) in [6, 6.07) is 0.459. The van der Waals surface area contributed by atoms with Crippen molar-refractivity contribution in [3.8, 4) is 0 Å². The lowest BCUT2D eigenvalue weighted by atomic mass is 10.0. The van der Waals surface area contributed by atoms with Crippen molar-refractivity contribution in [3.05, 3.63) is 22.1 Å². The van der Waals surface area contributed by atoms with Gasteiger partial charge in [0.2, 0.25) is 0 Å². The van der Waals surface area contributed by atoms with Crippen molar-refractivity contribution in [2.24, 2.45) is 0 Å². The highest BCUT2D eigenvalue weighted by molar-refractivity contribution is 6.76. The van der Waals surface area contributed by atoms with E-state index in [9.17, 15) is 22.8 Å². The first kappa shape index (κ1) is 25.7. The van der Waals surface area contributed by atoms with Crippen LogP contribution >= 0.6 is 0 Å². The number of hydrogen-bond acceptors (Lipinski definition) is 6. The summed E-state index contributed by atoms with van der Waals surface area (Å²) >= 11 is 0. The number of ether oxygens (including phenoxy) is 2. The smallest absolute Gasteiger partial charge is 0.423 e. The Hall–Kier alpha value is -1.92. The number of alkyl halides is 3. The van der Waals surface area contributed by atoms with E-state index in [0.29, 0.717) is 38.8 Å². The van der Waals surface area contributed by atoms with E-state index in [0.717, 1.165) is 16.9 Å². The third kappa shape index (κ3) is 6.57. The van der Waals surface area contributed by atoms with Gasteiger partial charge < -0.3 is 19.5 Å². The van der Waals surface area contributed by atoms with E-state index in [1.807, 2.05) is 0 Å². The van der Waals surface area contributed by atoms with Crippen molar-refractivity contribution in [1.82, 2.24) is 9.78 Å². The SMILES string of the molecule is C[Si](C)(C)CCOCn1ncc(N2CCC[C@H]2C2CCC(CC(=O)O)O2)c(C(F)(F)F)c1=O. The fourth-order valence-electron chi connectivity index (χ4n) is 4.43. The summed E-state index contributed by atoms with van der Waals surface area (Å²) in [5.74, 6) is -0.969. The molecule has 3 rings (SSSR count). The lowest BCUT2D eigenvalue weighted by Gasteiger charge is -2.32. The van der Waals surface area contributed by atoms with Crippen LogP contribution < -0.4 is 10.5 Å². The summed E-state index contributed by atoms with van der Waals surface area (Å²) in [6.07, 6.45) is -2.37. The summed E-state index contributed by atoms with van der Waals surface area (Å²) in [7, 11) is -1.38. The molecule has 0 radical (unpaired) electrons. The zero-order valence-electron chi connectivity index (χ0n) is 19.2. The van der Waals surface area contributed by atoms with Gasteiger partial charge in [0.1, 0.15) is 12.3 Å². The highest BCUT2D eigenvalue weighted by Crippen LogP contribution is 2.39. The number of aliphatic carboxylic acids is 1. The molecule has 3 heterocycles. The van der Waals surface area contributed by atoms with Crippen molar-refractivity contribution in [2.75, 3.05) is 18.1 Å². The predicted molar refractivity (Wildman–Crippen MR) is 118 cm³/mol. The van der Waals surface area contributed by atoms with Crippen molar-refractivity contribution < 1.29 is 32.5 Å². The quantitative estimate of drug-likeness (QED) is 0.417. The number of anilines is 1. The fraction of sp³-hybridized carbons (Fsp3) is 0.762. The van der Waals surface area contributed by atoms with Gasteiger partial charge in [-0.25, -0.2) is 4.68 Å². The molecule has 1 aromatic rings. The van der Waals surface area contributed by atoms with Gasteiger partial charge in [-0.2, -0.15) is 18.3 Å². The van der Waals surface area contributed by atoms with E-state index in [1.54, 1.807) is 4.90 Å². The summed E-state index contributed by atoms with van der Waals surface area (Å²) in [5, 5.41) is 13.0. The van der Waals surface area contributed by atoms with Crippen molar-refractivity contribution in [2.45, 2.75) is 88.9 Å². The topological polar surface area (TPSA) is 93.9 Å². The molecule has 1 aromatic heterocycles. The van der Waals surface area contributed by atoms with Crippen LogP contribution in [0.2, 0.25) is 25.7 Å². The molecule has 0 amide bonds. The molecule has 0 aromatic carbocycles. The average Bonchev–Trinajstić information content (AvgIpc) is 3.32. The molecule has 3 atom stereocenters. The number of halogens is 3. The highest BCUT2D eigenvalue weighted by Gasteiger charge is 2.44. The number of nitrogens with zero attached hydrogens (tertiary/aromatic N) is 3. The number of carboxylic acids is 1. The van der Waals surface area contributed by atoms with E-state index < -0.39 is 37.4 Å². The van der Waals surface area contributed by atoms with Gasteiger partial charge in [-0.05, 0) is 31.7 Å². The molecule has 2 aliphatic rings. The Labute approximate surface area is 191 Å². The van der Waals surface area contributed by atoms with Gasteiger partial charge in [-0.3, -0.25) is 9.59 Å². The Morgan fingerprint density at radius 3 is 2.67 bits per heavy atom. The molecule has 33 heavy (non-hydrogen) atoms. The minimum Gasteiger partial charge on any atom is -0.481 e. The standard InChI is InChI=1S/C21H32F3N3O5Si/c1-33(2,3)10-9-31-13-27-20(30)19(21(22,23)24)16(12-25-27)26-8-4-5-15(26)17-7-6-14(32-17)11-18(28)29/h12,14-15,17H,4-11,13H2,1-3H3,(H,28,29)/t14?,15-,17?/m0/s1. The van der Waals surface area contributed by atoms with Gasteiger partial charge in [0.25, 0.3) is 5.56 Å².